The van der Waals surface area contributed by atoms with Crippen molar-refractivity contribution in [3.63, 3.8) is 0 Å². The number of hydrogen-bond donors (Lipinski definition) is 9. The smallest absolute Gasteiger partial charge is 0.229 e. The molecule has 14 nitrogen and oxygen atoms in total. The van der Waals surface area contributed by atoms with Gasteiger partial charge >= 0.3 is 0 Å². The van der Waals surface area contributed by atoms with Gasteiger partial charge in [0, 0.05) is 18.6 Å². The van der Waals surface area contributed by atoms with E-state index in [1.165, 1.54) is 19.1 Å². The van der Waals surface area contributed by atoms with Crippen LogP contribution in [0.3, 0.4) is 0 Å². The van der Waals surface area contributed by atoms with Crippen LogP contribution in [0.15, 0.2) is 36.4 Å². The molecule has 2 fully saturated rings. The summed E-state index contributed by atoms with van der Waals surface area (Å²) in [5.74, 6) is -2.00. The van der Waals surface area contributed by atoms with Crippen LogP contribution in [0.4, 0.5) is 0 Å². The van der Waals surface area contributed by atoms with Gasteiger partial charge < -0.3 is 64.9 Å². The van der Waals surface area contributed by atoms with Crippen LogP contribution < -0.4 is 4.74 Å². The Kier molecular flexibility index (Phi) is 9.69. The molecule has 2 saturated heterocycles. The Morgan fingerprint density at radius 2 is 1.46 bits per heavy atom. The van der Waals surface area contributed by atoms with Gasteiger partial charge in [-0.2, -0.15) is 0 Å². The van der Waals surface area contributed by atoms with Gasteiger partial charge in [0.1, 0.15) is 65.2 Å². The molecule has 2 aromatic carbocycles. The van der Waals surface area contributed by atoms with Crippen LogP contribution in [-0.4, -0.2) is 120 Å². The molecule has 2 aliphatic heterocycles. The first kappa shape index (κ1) is 30.9. The van der Waals surface area contributed by atoms with E-state index in [0.29, 0.717) is 0 Å². The van der Waals surface area contributed by atoms with Gasteiger partial charge in [0.2, 0.25) is 6.29 Å². The SMILES string of the molecule is C[C@H]1O[C@@H](O[C@H]2[C@H](Oc3cc(O)c(C(=O)CCc4ccc(O)cc4)c(O)c3)O[C@H](CO)[C@@H](O)[C@@H]2O)[C@H](O)[C@H](O)[C@H]1O. The number of phenols is 3. The van der Waals surface area contributed by atoms with Crippen LogP contribution in [0.2, 0.25) is 0 Å². The topological polar surface area (TPSA) is 236 Å². The first-order valence-electron chi connectivity index (χ1n) is 12.9. The van der Waals surface area contributed by atoms with E-state index in [9.17, 15) is 50.8 Å². The number of ketones is 1. The van der Waals surface area contributed by atoms with Gasteiger partial charge in [-0.3, -0.25) is 4.79 Å². The highest BCUT2D eigenvalue weighted by Gasteiger charge is 2.51. The van der Waals surface area contributed by atoms with Crippen LogP contribution >= 0.6 is 0 Å². The van der Waals surface area contributed by atoms with E-state index in [-0.39, 0.29) is 29.9 Å². The number of Topliss-reactive ketones (excluding diaryl/α,β-unsaturated/α-hetero) is 1. The summed E-state index contributed by atoms with van der Waals surface area (Å²) in [6.07, 6.45) is -15.3. The fraction of sp³-hybridized carbons (Fsp3) is 0.519. The van der Waals surface area contributed by atoms with E-state index in [4.69, 9.17) is 18.9 Å². The summed E-state index contributed by atoms with van der Waals surface area (Å²) in [5, 5.41) is 91.5. The maximum absolute atomic E-state index is 12.7. The molecule has 0 aliphatic carbocycles. The monoisotopic (exact) mass is 582 g/mol. The van der Waals surface area contributed by atoms with Crippen LogP contribution in [-0.2, 0) is 20.6 Å². The van der Waals surface area contributed by atoms with Crippen molar-refractivity contribution in [3.05, 3.63) is 47.5 Å². The van der Waals surface area contributed by atoms with Crippen molar-refractivity contribution in [3.8, 4) is 23.0 Å². The minimum absolute atomic E-state index is 0.0706. The molecule has 0 radical (unpaired) electrons. The molecular formula is C27H34O14. The lowest BCUT2D eigenvalue weighted by Gasteiger charge is -2.45. The molecule has 2 aromatic rings. The van der Waals surface area contributed by atoms with Gasteiger partial charge in [0.05, 0.1) is 12.7 Å². The maximum Gasteiger partial charge on any atom is 0.229 e. The second kappa shape index (κ2) is 12.9. The number of carbonyl (C=O) groups is 1. The molecule has 0 saturated carbocycles. The minimum atomic E-state index is -1.77. The third kappa shape index (κ3) is 6.72. The predicted octanol–water partition coefficient (Wildman–Crippen LogP) is -1.35. The number of aliphatic hydroxyl groups is 6. The van der Waals surface area contributed by atoms with E-state index >= 15 is 0 Å². The molecule has 2 aliphatic rings. The molecule has 0 spiro atoms. The van der Waals surface area contributed by atoms with Crippen molar-refractivity contribution >= 4 is 5.78 Å². The molecule has 10 atom stereocenters. The third-order valence-electron chi connectivity index (χ3n) is 7.10. The average Bonchev–Trinajstić information content (AvgIpc) is 2.93. The van der Waals surface area contributed by atoms with Crippen molar-refractivity contribution in [1.29, 1.82) is 0 Å². The summed E-state index contributed by atoms with van der Waals surface area (Å²) in [6, 6.07) is 8.22. The van der Waals surface area contributed by atoms with Crippen molar-refractivity contribution in [2.24, 2.45) is 0 Å². The molecule has 41 heavy (non-hydrogen) atoms. The van der Waals surface area contributed by atoms with E-state index in [1.54, 1.807) is 12.1 Å². The summed E-state index contributed by atoms with van der Waals surface area (Å²) in [7, 11) is 0. The van der Waals surface area contributed by atoms with Gasteiger partial charge in [0.15, 0.2) is 18.2 Å². The van der Waals surface area contributed by atoms with Gasteiger partial charge in [-0.25, -0.2) is 0 Å². The molecule has 14 heteroatoms. The normalized spacial score (nSPS) is 33.8. The number of ether oxygens (including phenoxy) is 4. The van der Waals surface area contributed by atoms with E-state index < -0.39 is 85.3 Å². The Hall–Kier alpha value is -3.05. The zero-order chi connectivity index (χ0) is 30.0. The highest BCUT2D eigenvalue weighted by molar-refractivity contribution is 6.01. The highest BCUT2D eigenvalue weighted by atomic mass is 16.8. The Bertz CT molecular complexity index is 1170. The summed E-state index contributed by atoms with van der Waals surface area (Å²) in [5.41, 5.74) is 0.385. The Morgan fingerprint density at radius 3 is 2.07 bits per heavy atom. The zero-order valence-corrected chi connectivity index (χ0v) is 21.9. The molecule has 226 valence electrons. The van der Waals surface area contributed by atoms with Gasteiger partial charge in [-0.1, -0.05) is 12.1 Å². The number of aryl methyl sites for hydroxylation is 1. The highest BCUT2D eigenvalue weighted by Crippen LogP contribution is 2.36. The number of aliphatic hydroxyl groups excluding tert-OH is 6. The predicted molar refractivity (Wildman–Crippen MR) is 136 cm³/mol. The van der Waals surface area contributed by atoms with Crippen LogP contribution in [0.5, 0.6) is 23.0 Å². The first-order chi connectivity index (χ1) is 19.4. The van der Waals surface area contributed by atoms with Crippen LogP contribution in [0, 0.1) is 0 Å². The molecule has 0 unspecified atom stereocenters. The Labute approximate surface area is 234 Å². The number of carbonyl (C=O) groups excluding carboxylic acids is 1. The molecule has 0 amide bonds. The molecule has 2 heterocycles. The first-order valence-corrected chi connectivity index (χ1v) is 12.9. The molecule has 0 bridgehead atoms. The van der Waals surface area contributed by atoms with Gasteiger partial charge in [0.25, 0.3) is 0 Å². The molecular weight excluding hydrogens is 548 g/mol. The van der Waals surface area contributed by atoms with Crippen LogP contribution in [0.1, 0.15) is 29.3 Å². The van der Waals surface area contributed by atoms with Gasteiger partial charge in [-0.15, -0.1) is 0 Å². The standard InChI is InChI=1S/C27H34O14/c1-11-20(33)22(35)24(37)26(38-11)41-25-23(36)21(34)18(10-28)40-27(25)39-14-8-16(31)19(17(32)9-14)15(30)7-4-12-2-5-13(29)6-3-12/h2-3,5-6,8-9,11,18,20-29,31-37H,4,7,10H2,1H3/t11-,18-,20+,21-,22-,23+,24-,25-,26+,27-/m1/s1. The van der Waals surface area contributed by atoms with Crippen molar-refractivity contribution in [2.75, 3.05) is 6.61 Å². The number of phenolic OH excluding ortho intramolecular Hbond substituents is 3. The van der Waals surface area contributed by atoms with E-state index in [0.717, 1.165) is 17.7 Å². The molecule has 9 N–H and O–H groups in total. The van der Waals surface area contributed by atoms with Gasteiger partial charge in [-0.05, 0) is 31.0 Å². The number of benzene rings is 2. The second-order valence-corrected chi connectivity index (χ2v) is 10.0. The Morgan fingerprint density at radius 1 is 0.829 bits per heavy atom. The van der Waals surface area contributed by atoms with Crippen molar-refractivity contribution < 1.29 is 69.7 Å². The third-order valence-corrected chi connectivity index (χ3v) is 7.10. The minimum Gasteiger partial charge on any atom is -0.508 e. The summed E-state index contributed by atoms with van der Waals surface area (Å²) >= 11 is 0. The lowest BCUT2D eigenvalue weighted by atomic mass is 9.97. The number of rotatable bonds is 9. The fourth-order valence-corrected chi connectivity index (χ4v) is 4.70. The molecule has 0 aromatic heterocycles. The molecule has 4 rings (SSSR count). The lowest BCUT2D eigenvalue weighted by Crippen LogP contribution is -2.64. The number of hydrogen-bond acceptors (Lipinski definition) is 14. The van der Waals surface area contributed by atoms with E-state index in [1.807, 2.05) is 0 Å². The largest absolute Gasteiger partial charge is 0.508 e. The second-order valence-electron chi connectivity index (χ2n) is 10.0. The van der Waals surface area contributed by atoms with Crippen LogP contribution in [0.25, 0.3) is 0 Å². The van der Waals surface area contributed by atoms with E-state index in [2.05, 4.69) is 0 Å². The van der Waals surface area contributed by atoms with Crippen molar-refractivity contribution in [2.45, 2.75) is 81.2 Å². The fourth-order valence-electron chi connectivity index (χ4n) is 4.70. The quantitative estimate of drug-likeness (QED) is 0.156. The lowest BCUT2D eigenvalue weighted by molar-refractivity contribution is -0.354. The maximum atomic E-state index is 12.7. The summed E-state index contributed by atoms with van der Waals surface area (Å²) in [4.78, 5) is 12.7. The Balaban J connectivity index is 1.52. The average molecular weight is 583 g/mol. The zero-order valence-electron chi connectivity index (χ0n) is 21.9. The number of aromatic hydroxyl groups is 3. The van der Waals surface area contributed by atoms with Crippen molar-refractivity contribution in [1.82, 2.24) is 0 Å². The summed E-state index contributed by atoms with van der Waals surface area (Å²) in [6.45, 7) is 0.675. The summed E-state index contributed by atoms with van der Waals surface area (Å²) < 4.78 is 22.2.